The third-order valence-electron chi connectivity index (χ3n) is 3.32. The van der Waals surface area contributed by atoms with Gasteiger partial charge in [0.2, 0.25) is 0 Å². The highest BCUT2D eigenvalue weighted by molar-refractivity contribution is 5.93. The van der Waals surface area contributed by atoms with Crippen molar-refractivity contribution in [3.63, 3.8) is 0 Å². The zero-order valence-electron chi connectivity index (χ0n) is 9.85. The van der Waals surface area contributed by atoms with Crippen LogP contribution in [0, 0.1) is 0 Å². The maximum absolute atomic E-state index is 12.0. The SMILES string of the molecule is CN1CCC(N(C)C(=O)c2ccoc2)CC1. The van der Waals surface area contributed by atoms with Crippen molar-refractivity contribution in [1.82, 2.24) is 9.80 Å². The van der Waals surface area contributed by atoms with Gasteiger partial charge in [0.15, 0.2) is 0 Å². The van der Waals surface area contributed by atoms with E-state index in [1.165, 1.54) is 12.5 Å². The molecule has 2 rings (SSSR count). The first-order valence-electron chi connectivity index (χ1n) is 5.66. The summed E-state index contributed by atoms with van der Waals surface area (Å²) in [4.78, 5) is 16.2. The Morgan fingerprint density at radius 2 is 2.19 bits per heavy atom. The number of amides is 1. The molecule has 0 unspecified atom stereocenters. The van der Waals surface area contributed by atoms with Crippen molar-refractivity contribution in [2.24, 2.45) is 0 Å². The topological polar surface area (TPSA) is 36.7 Å². The monoisotopic (exact) mass is 222 g/mol. The molecule has 88 valence electrons. The van der Waals surface area contributed by atoms with E-state index in [2.05, 4.69) is 11.9 Å². The lowest BCUT2D eigenvalue weighted by Gasteiger charge is -2.34. The molecule has 0 bridgehead atoms. The molecular formula is C12H18N2O2. The Morgan fingerprint density at radius 3 is 2.75 bits per heavy atom. The maximum atomic E-state index is 12.0. The van der Waals surface area contributed by atoms with E-state index in [4.69, 9.17) is 4.42 Å². The van der Waals surface area contributed by atoms with E-state index in [1.807, 2.05) is 11.9 Å². The fraction of sp³-hybridized carbons (Fsp3) is 0.583. The van der Waals surface area contributed by atoms with Gasteiger partial charge in [-0.2, -0.15) is 0 Å². The number of hydrogen-bond donors (Lipinski definition) is 0. The minimum absolute atomic E-state index is 0.0586. The first-order valence-corrected chi connectivity index (χ1v) is 5.66. The minimum atomic E-state index is 0.0586. The van der Waals surface area contributed by atoms with E-state index in [0.29, 0.717) is 11.6 Å². The van der Waals surface area contributed by atoms with Gasteiger partial charge >= 0.3 is 0 Å². The lowest BCUT2D eigenvalue weighted by Crippen LogP contribution is -2.44. The molecule has 0 aliphatic carbocycles. The zero-order chi connectivity index (χ0) is 11.5. The molecule has 4 nitrogen and oxygen atoms in total. The number of likely N-dealkylation sites (tertiary alicyclic amines) is 1. The van der Waals surface area contributed by atoms with Crippen LogP contribution >= 0.6 is 0 Å². The van der Waals surface area contributed by atoms with E-state index in [0.717, 1.165) is 25.9 Å². The number of furan rings is 1. The summed E-state index contributed by atoms with van der Waals surface area (Å²) in [5.41, 5.74) is 0.640. The van der Waals surface area contributed by atoms with Crippen molar-refractivity contribution in [2.45, 2.75) is 18.9 Å². The largest absolute Gasteiger partial charge is 0.472 e. The lowest BCUT2D eigenvalue weighted by molar-refractivity contribution is 0.0659. The minimum Gasteiger partial charge on any atom is -0.472 e. The second-order valence-corrected chi connectivity index (χ2v) is 4.46. The zero-order valence-corrected chi connectivity index (χ0v) is 9.85. The van der Waals surface area contributed by atoms with Crippen LogP contribution in [0.15, 0.2) is 23.0 Å². The first kappa shape index (κ1) is 11.2. The molecule has 0 saturated carbocycles. The van der Waals surface area contributed by atoms with Gasteiger partial charge in [-0.15, -0.1) is 0 Å². The van der Waals surface area contributed by atoms with Crippen molar-refractivity contribution >= 4 is 5.91 Å². The molecule has 1 aliphatic heterocycles. The summed E-state index contributed by atoms with van der Waals surface area (Å²) in [6.45, 7) is 2.13. The molecule has 1 saturated heterocycles. The molecule has 4 heteroatoms. The second kappa shape index (κ2) is 4.70. The van der Waals surface area contributed by atoms with Crippen LogP contribution in [-0.2, 0) is 0 Å². The average molecular weight is 222 g/mol. The van der Waals surface area contributed by atoms with Gasteiger partial charge in [0.1, 0.15) is 6.26 Å². The van der Waals surface area contributed by atoms with Gasteiger partial charge in [0.05, 0.1) is 11.8 Å². The summed E-state index contributed by atoms with van der Waals surface area (Å²) in [6.07, 6.45) is 5.15. The Balaban J connectivity index is 1.97. The van der Waals surface area contributed by atoms with Gasteiger partial charge in [-0.25, -0.2) is 0 Å². The smallest absolute Gasteiger partial charge is 0.257 e. The molecule has 0 radical (unpaired) electrons. The van der Waals surface area contributed by atoms with E-state index in [9.17, 15) is 4.79 Å². The van der Waals surface area contributed by atoms with Gasteiger partial charge in [-0.05, 0) is 39.0 Å². The summed E-state index contributed by atoms with van der Waals surface area (Å²) in [7, 11) is 4.00. The quantitative estimate of drug-likeness (QED) is 0.760. The maximum Gasteiger partial charge on any atom is 0.257 e. The van der Waals surface area contributed by atoms with Crippen LogP contribution in [0.1, 0.15) is 23.2 Å². The molecule has 16 heavy (non-hydrogen) atoms. The van der Waals surface area contributed by atoms with E-state index < -0.39 is 0 Å². The number of carbonyl (C=O) groups excluding carboxylic acids is 1. The van der Waals surface area contributed by atoms with Crippen molar-refractivity contribution in [2.75, 3.05) is 27.2 Å². The Kier molecular flexibility index (Phi) is 3.29. The Labute approximate surface area is 95.8 Å². The van der Waals surface area contributed by atoms with Crippen LogP contribution in [0.3, 0.4) is 0 Å². The van der Waals surface area contributed by atoms with E-state index in [1.54, 1.807) is 6.07 Å². The molecule has 1 aromatic heterocycles. The third-order valence-corrected chi connectivity index (χ3v) is 3.32. The predicted octanol–water partition coefficient (Wildman–Crippen LogP) is 1.45. The van der Waals surface area contributed by atoms with Gasteiger partial charge in [0, 0.05) is 13.1 Å². The summed E-state index contributed by atoms with van der Waals surface area (Å²) in [5, 5.41) is 0. The number of nitrogens with zero attached hydrogens (tertiary/aromatic N) is 2. The molecule has 1 aliphatic rings. The molecule has 0 atom stereocenters. The van der Waals surface area contributed by atoms with Gasteiger partial charge in [0.25, 0.3) is 5.91 Å². The van der Waals surface area contributed by atoms with Gasteiger partial charge in [-0.1, -0.05) is 0 Å². The summed E-state index contributed by atoms with van der Waals surface area (Å²) >= 11 is 0. The first-order chi connectivity index (χ1) is 7.68. The fourth-order valence-corrected chi connectivity index (χ4v) is 2.14. The predicted molar refractivity (Wildman–Crippen MR) is 61.3 cm³/mol. The van der Waals surface area contributed by atoms with Crippen molar-refractivity contribution in [1.29, 1.82) is 0 Å². The highest BCUT2D eigenvalue weighted by Crippen LogP contribution is 2.16. The molecule has 2 heterocycles. The van der Waals surface area contributed by atoms with E-state index in [-0.39, 0.29) is 5.91 Å². The molecule has 0 spiro atoms. The average Bonchev–Trinajstić information content (AvgIpc) is 2.81. The fourth-order valence-electron chi connectivity index (χ4n) is 2.14. The molecule has 1 aromatic rings. The third kappa shape index (κ3) is 2.27. The Hall–Kier alpha value is -1.29. The van der Waals surface area contributed by atoms with Gasteiger partial charge in [-0.3, -0.25) is 4.79 Å². The Bertz CT molecular complexity index is 340. The second-order valence-electron chi connectivity index (χ2n) is 4.46. The van der Waals surface area contributed by atoms with Crippen LogP contribution in [0.5, 0.6) is 0 Å². The van der Waals surface area contributed by atoms with Crippen LogP contribution in [0.2, 0.25) is 0 Å². The van der Waals surface area contributed by atoms with Crippen LogP contribution in [-0.4, -0.2) is 48.9 Å². The number of piperidine rings is 1. The van der Waals surface area contributed by atoms with E-state index >= 15 is 0 Å². The van der Waals surface area contributed by atoms with Crippen LogP contribution in [0.4, 0.5) is 0 Å². The van der Waals surface area contributed by atoms with Crippen molar-refractivity contribution in [3.8, 4) is 0 Å². The number of hydrogen-bond acceptors (Lipinski definition) is 3. The molecule has 0 N–H and O–H groups in total. The summed E-state index contributed by atoms with van der Waals surface area (Å²) in [5.74, 6) is 0.0586. The molecule has 1 fully saturated rings. The van der Waals surface area contributed by atoms with Crippen LogP contribution < -0.4 is 0 Å². The highest BCUT2D eigenvalue weighted by atomic mass is 16.3. The highest BCUT2D eigenvalue weighted by Gasteiger charge is 2.24. The normalized spacial score (nSPS) is 18.6. The Morgan fingerprint density at radius 1 is 1.50 bits per heavy atom. The molecule has 1 amide bonds. The van der Waals surface area contributed by atoms with Gasteiger partial charge < -0.3 is 14.2 Å². The molecule has 0 aromatic carbocycles. The summed E-state index contributed by atoms with van der Waals surface area (Å²) in [6, 6.07) is 2.08. The van der Waals surface area contributed by atoms with Crippen molar-refractivity contribution < 1.29 is 9.21 Å². The number of rotatable bonds is 2. The lowest BCUT2D eigenvalue weighted by atomic mass is 10.0. The molecular weight excluding hydrogens is 204 g/mol. The standard InChI is InChI=1S/C12H18N2O2/c1-13-6-3-11(4-7-13)14(2)12(15)10-5-8-16-9-10/h5,8-9,11H,3-4,6-7H2,1-2H3. The number of carbonyl (C=O) groups is 1. The summed E-state index contributed by atoms with van der Waals surface area (Å²) < 4.78 is 4.93. The van der Waals surface area contributed by atoms with Crippen LogP contribution in [0.25, 0.3) is 0 Å². The van der Waals surface area contributed by atoms with Crippen molar-refractivity contribution in [3.05, 3.63) is 24.2 Å².